The van der Waals surface area contributed by atoms with E-state index in [9.17, 15) is 9.59 Å². The first-order chi connectivity index (χ1) is 8.61. The standard InChI is InChI=1S/C14H17NO3/c1-9(16)15-13-8-11(14(17)18-2)7-10-5-3-4-6-12(10)13/h3-6,11,13H,7-8H2,1-2H3,(H,15,16). The van der Waals surface area contributed by atoms with Crippen LogP contribution in [-0.4, -0.2) is 19.0 Å². The second kappa shape index (κ2) is 5.21. The van der Waals surface area contributed by atoms with Crippen LogP contribution in [0.1, 0.15) is 30.5 Å². The highest BCUT2D eigenvalue weighted by Crippen LogP contribution is 2.33. The minimum Gasteiger partial charge on any atom is -0.469 e. The van der Waals surface area contributed by atoms with E-state index < -0.39 is 0 Å². The van der Waals surface area contributed by atoms with Crippen molar-refractivity contribution in [2.45, 2.75) is 25.8 Å². The minimum atomic E-state index is -0.208. The summed E-state index contributed by atoms with van der Waals surface area (Å²) in [5, 5.41) is 2.90. The minimum absolute atomic E-state index is 0.0830. The second-order valence-corrected chi connectivity index (χ2v) is 4.61. The lowest BCUT2D eigenvalue weighted by atomic mass is 9.80. The van der Waals surface area contributed by atoms with E-state index >= 15 is 0 Å². The largest absolute Gasteiger partial charge is 0.469 e. The number of methoxy groups -OCH3 is 1. The van der Waals surface area contributed by atoms with Crippen molar-refractivity contribution in [3.05, 3.63) is 35.4 Å². The quantitative estimate of drug-likeness (QED) is 0.808. The lowest BCUT2D eigenvalue weighted by Crippen LogP contribution is -2.35. The molecule has 0 saturated carbocycles. The van der Waals surface area contributed by atoms with Gasteiger partial charge in [0.2, 0.25) is 5.91 Å². The van der Waals surface area contributed by atoms with Crippen molar-refractivity contribution in [2.75, 3.05) is 7.11 Å². The second-order valence-electron chi connectivity index (χ2n) is 4.61. The summed E-state index contributed by atoms with van der Waals surface area (Å²) >= 11 is 0. The first kappa shape index (κ1) is 12.6. The van der Waals surface area contributed by atoms with Gasteiger partial charge in [0.05, 0.1) is 19.1 Å². The topological polar surface area (TPSA) is 55.4 Å². The number of amides is 1. The van der Waals surface area contributed by atoms with Crippen LogP contribution in [0.3, 0.4) is 0 Å². The highest BCUT2D eigenvalue weighted by Gasteiger charge is 2.31. The monoisotopic (exact) mass is 247 g/mol. The van der Waals surface area contributed by atoms with E-state index in [0.717, 1.165) is 11.1 Å². The van der Waals surface area contributed by atoms with Crippen molar-refractivity contribution >= 4 is 11.9 Å². The van der Waals surface area contributed by atoms with Gasteiger partial charge < -0.3 is 10.1 Å². The fourth-order valence-corrected chi connectivity index (χ4v) is 2.55. The van der Waals surface area contributed by atoms with Crippen LogP contribution in [0.15, 0.2) is 24.3 Å². The first-order valence-electron chi connectivity index (χ1n) is 6.04. The molecule has 0 fully saturated rings. The molecule has 2 atom stereocenters. The Hall–Kier alpha value is -1.84. The Morgan fingerprint density at radius 1 is 1.33 bits per heavy atom. The zero-order chi connectivity index (χ0) is 13.1. The fraction of sp³-hybridized carbons (Fsp3) is 0.429. The predicted octanol–water partition coefficient (Wildman–Crippen LogP) is 1.60. The van der Waals surface area contributed by atoms with E-state index in [1.807, 2.05) is 24.3 Å². The van der Waals surface area contributed by atoms with Gasteiger partial charge >= 0.3 is 5.97 Å². The van der Waals surface area contributed by atoms with Crippen LogP contribution in [0.25, 0.3) is 0 Å². The van der Waals surface area contributed by atoms with E-state index in [0.29, 0.717) is 12.8 Å². The highest BCUT2D eigenvalue weighted by atomic mass is 16.5. The zero-order valence-corrected chi connectivity index (χ0v) is 10.6. The Morgan fingerprint density at radius 3 is 2.72 bits per heavy atom. The molecule has 0 aromatic heterocycles. The third-order valence-electron chi connectivity index (χ3n) is 3.33. The molecule has 0 bridgehead atoms. The Bertz CT molecular complexity index is 470. The fourth-order valence-electron chi connectivity index (χ4n) is 2.55. The number of benzene rings is 1. The van der Waals surface area contributed by atoms with Gasteiger partial charge in [-0.05, 0) is 24.0 Å². The zero-order valence-electron chi connectivity index (χ0n) is 10.6. The number of carbonyl (C=O) groups excluding carboxylic acids is 2. The predicted molar refractivity (Wildman–Crippen MR) is 66.8 cm³/mol. The van der Waals surface area contributed by atoms with Crippen LogP contribution < -0.4 is 5.32 Å². The van der Waals surface area contributed by atoms with E-state index in [1.165, 1.54) is 14.0 Å². The molecule has 96 valence electrons. The third kappa shape index (κ3) is 2.53. The van der Waals surface area contributed by atoms with Crippen LogP contribution in [0, 0.1) is 5.92 Å². The summed E-state index contributed by atoms with van der Waals surface area (Å²) in [4.78, 5) is 22.9. The molecule has 4 heteroatoms. The molecule has 0 aliphatic heterocycles. The smallest absolute Gasteiger partial charge is 0.309 e. The maximum Gasteiger partial charge on any atom is 0.309 e. The van der Waals surface area contributed by atoms with E-state index in [-0.39, 0.29) is 23.8 Å². The van der Waals surface area contributed by atoms with Crippen LogP contribution in [0.4, 0.5) is 0 Å². The molecule has 1 aromatic rings. The summed E-state index contributed by atoms with van der Waals surface area (Å²) in [5.41, 5.74) is 2.21. The van der Waals surface area contributed by atoms with Crippen molar-refractivity contribution < 1.29 is 14.3 Å². The summed E-state index contributed by atoms with van der Waals surface area (Å²) in [6, 6.07) is 7.80. The number of carbonyl (C=O) groups is 2. The Balaban J connectivity index is 2.29. The Morgan fingerprint density at radius 2 is 2.06 bits per heavy atom. The van der Waals surface area contributed by atoms with Gasteiger partial charge in [-0.25, -0.2) is 0 Å². The van der Waals surface area contributed by atoms with Gasteiger partial charge in [-0.3, -0.25) is 9.59 Å². The summed E-state index contributed by atoms with van der Waals surface area (Å²) in [5.74, 6) is -0.470. The maximum absolute atomic E-state index is 11.7. The van der Waals surface area contributed by atoms with Crippen LogP contribution in [0.2, 0.25) is 0 Å². The number of fused-ring (bicyclic) bond motifs is 1. The molecule has 2 rings (SSSR count). The number of nitrogens with one attached hydrogen (secondary N) is 1. The molecule has 0 spiro atoms. The Labute approximate surface area is 106 Å². The van der Waals surface area contributed by atoms with E-state index in [1.54, 1.807) is 0 Å². The van der Waals surface area contributed by atoms with E-state index in [2.05, 4.69) is 5.32 Å². The van der Waals surface area contributed by atoms with Crippen molar-refractivity contribution in [2.24, 2.45) is 5.92 Å². The molecule has 1 aliphatic rings. The van der Waals surface area contributed by atoms with Gasteiger partial charge in [-0.1, -0.05) is 24.3 Å². The summed E-state index contributed by atoms with van der Waals surface area (Å²) in [7, 11) is 1.40. The molecular formula is C14H17NO3. The van der Waals surface area contributed by atoms with Crippen molar-refractivity contribution in [3.8, 4) is 0 Å². The molecule has 0 heterocycles. The molecule has 1 amide bonds. The van der Waals surface area contributed by atoms with Gasteiger partial charge in [0.1, 0.15) is 0 Å². The highest BCUT2D eigenvalue weighted by molar-refractivity contribution is 5.75. The number of rotatable bonds is 2. The van der Waals surface area contributed by atoms with Crippen molar-refractivity contribution in [1.29, 1.82) is 0 Å². The van der Waals surface area contributed by atoms with E-state index in [4.69, 9.17) is 4.74 Å². The molecule has 0 saturated heterocycles. The number of ether oxygens (including phenoxy) is 1. The van der Waals surface area contributed by atoms with Gasteiger partial charge in [0.25, 0.3) is 0 Å². The number of hydrogen-bond donors (Lipinski definition) is 1. The molecular weight excluding hydrogens is 230 g/mol. The lowest BCUT2D eigenvalue weighted by Gasteiger charge is -2.30. The van der Waals surface area contributed by atoms with Gasteiger partial charge in [0, 0.05) is 6.92 Å². The Kier molecular flexibility index (Phi) is 3.65. The first-order valence-corrected chi connectivity index (χ1v) is 6.04. The molecule has 2 unspecified atom stereocenters. The molecule has 1 aromatic carbocycles. The molecule has 4 nitrogen and oxygen atoms in total. The lowest BCUT2D eigenvalue weighted by molar-refractivity contribution is -0.146. The van der Waals surface area contributed by atoms with Gasteiger partial charge in [-0.15, -0.1) is 0 Å². The summed E-state index contributed by atoms with van der Waals surface area (Å²) in [6.45, 7) is 1.49. The molecule has 0 radical (unpaired) electrons. The molecule has 1 N–H and O–H groups in total. The maximum atomic E-state index is 11.7. The van der Waals surface area contributed by atoms with Crippen LogP contribution in [-0.2, 0) is 20.7 Å². The third-order valence-corrected chi connectivity index (χ3v) is 3.33. The average molecular weight is 247 g/mol. The van der Waals surface area contributed by atoms with Gasteiger partial charge in [-0.2, -0.15) is 0 Å². The SMILES string of the molecule is COC(=O)C1Cc2ccccc2C(NC(C)=O)C1. The van der Waals surface area contributed by atoms with Crippen LogP contribution in [0.5, 0.6) is 0 Å². The molecule has 18 heavy (non-hydrogen) atoms. The van der Waals surface area contributed by atoms with Gasteiger partial charge in [0.15, 0.2) is 0 Å². The summed E-state index contributed by atoms with van der Waals surface area (Å²) < 4.78 is 4.81. The number of hydrogen-bond acceptors (Lipinski definition) is 3. The summed E-state index contributed by atoms with van der Waals surface area (Å²) in [6.07, 6.45) is 1.28. The molecule has 1 aliphatic carbocycles. The average Bonchev–Trinajstić information content (AvgIpc) is 2.37. The number of esters is 1. The normalized spacial score (nSPS) is 21.9. The van der Waals surface area contributed by atoms with Crippen LogP contribution >= 0.6 is 0 Å². The van der Waals surface area contributed by atoms with Crippen molar-refractivity contribution in [3.63, 3.8) is 0 Å². The van der Waals surface area contributed by atoms with Crippen molar-refractivity contribution in [1.82, 2.24) is 5.32 Å².